The van der Waals surface area contributed by atoms with Crippen LogP contribution in [0.25, 0.3) is 5.76 Å². The highest BCUT2D eigenvalue weighted by molar-refractivity contribution is 6.46. The SMILES string of the molecule is C=CCOc1ccc(C(O)=C2C(=O)C(=O)N(Cc3cccnc3)[C@@H]2c2ccc(F)cc2)c(C)c1. The molecule has 4 rings (SSSR count). The molecule has 0 spiro atoms. The van der Waals surface area contributed by atoms with Crippen molar-refractivity contribution in [3.8, 4) is 5.75 Å². The number of Topliss-reactive ketones (excluding diaryl/α,β-unsaturated/α-hetero) is 1. The van der Waals surface area contributed by atoms with E-state index in [9.17, 15) is 19.1 Å². The number of ether oxygens (including phenoxy) is 1. The van der Waals surface area contributed by atoms with E-state index in [1.807, 2.05) is 0 Å². The van der Waals surface area contributed by atoms with Gasteiger partial charge >= 0.3 is 0 Å². The number of hydrogen-bond acceptors (Lipinski definition) is 5. The maximum Gasteiger partial charge on any atom is 0.295 e. The van der Waals surface area contributed by atoms with Gasteiger partial charge in [-0.25, -0.2) is 4.39 Å². The minimum absolute atomic E-state index is 0.0524. The van der Waals surface area contributed by atoms with Gasteiger partial charge in [-0.05, 0) is 60.0 Å². The molecule has 1 aliphatic heterocycles. The van der Waals surface area contributed by atoms with Crippen molar-refractivity contribution in [1.29, 1.82) is 0 Å². The molecule has 2 aromatic carbocycles. The Morgan fingerprint density at radius 1 is 1.21 bits per heavy atom. The van der Waals surface area contributed by atoms with Crippen LogP contribution < -0.4 is 4.74 Å². The fourth-order valence-corrected chi connectivity index (χ4v) is 4.01. The summed E-state index contributed by atoms with van der Waals surface area (Å²) in [6.45, 7) is 5.82. The molecule has 34 heavy (non-hydrogen) atoms. The monoisotopic (exact) mass is 458 g/mol. The van der Waals surface area contributed by atoms with Crippen LogP contribution in [0.3, 0.4) is 0 Å². The van der Waals surface area contributed by atoms with Crippen molar-refractivity contribution in [2.45, 2.75) is 19.5 Å². The van der Waals surface area contributed by atoms with E-state index in [0.29, 0.717) is 29.0 Å². The number of rotatable bonds is 7. The van der Waals surface area contributed by atoms with E-state index >= 15 is 0 Å². The van der Waals surface area contributed by atoms with Gasteiger partial charge in [0.25, 0.3) is 11.7 Å². The van der Waals surface area contributed by atoms with E-state index in [2.05, 4.69) is 11.6 Å². The summed E-state index contributed by atoms with van der Waals surface area (Å²) in [7, 11) is 0. The van der Waals surface area contributed by atoms with Crippen LogP contribution in [0.2, 0.25) is 0 Å². The first-order chi connectivity index (χ1) is 16.4. The van der Waals surface area contributed by atoms with Crippen LogP contribution in [0.1, 0.15) is 28.3 Å². The number of nitrogens with zero attached hydrogens (tertiary/aromatic N) is 2. The van der Waals surface area contributed by atoms with Crippen LogP contribution in [0, 0.1) is 12.7 Å². The molecule has 3 aromatic rings. The van der Waals surface area contributed by atoms with E-state index in [1.54, 1.807) is 55.7 Å². The van der Waals surface area contributed by atoms with Gasteiger partial charge in [0.2, 0.25) is 0 Å². The number of aliphatic hydroxyl groups excluding tert-OH is 1. The van der Waals surface area contributed by atoms with Crippen molar-refractivity contribution in [2.24, 2.45) is 0 Å². The molecule has 6 nitrogen and oxygen atoms in total. The van der Waals surface area contributed by atoms with Crippen LogP contribution in [0.4, 0.5) is 4.39 Å². The summed E-state index contributed by atoms with van der Waals surface area (Å²) in [4.78, 5) is 31.7. The molecule has 0 aliphatic carbocycles. The first kappa shape index (κ1) is 22.9. The van der Waals surface area contributed by atoms with Gasteiger partial charge < -0.3 is 14.7 Å². The number of hydrogen-bond donors (Lipinski definition) is 1. The van der Waals surface area contributed by atoms with E-state index in [-0.39, 0.29) is 17.9 Å². The molecule has 7 heteroatoms. The molecule has 2 heterocycles. The number of amides is 1. The van der Waals surface area contributed by atoms with Gasteiger partial charge in [0.05, 0.1) is 11.6 Å². The number of carbonyl (C=O) groups is 2. The molecule has 1 saturated heterocycles. The Balaban J connectivity index is 1.82. The van der Waals surface area contributed by atoms with Gasteiger partial charge in [-0.2, -0.15) is 0 Å². The lowest BCUT2D eigenvalue weighted by atomic mass is 9.93. The largest absolute Gasteiger partial charge is 0.507 e. The van der Waals surface area contributed by atoms with Gasteiger partial charge in [0.1, 0.15) is 23.9 Å². The number of aliphatic hydroxyl groups is 1. The highest BCUT2D eigenvalue weighted by Gasteiger charge is 2.46. The Bertz CT molecular complexity index is 1270. The molecule has 1 N–H and O–H groups in total. The lowest BCUT2D eigenvalue weighted by Crippen LogP contribution is -2.29. The average Bonchev–Trinajstić information content (AvgIpc) is 3.08. The number of pyridine rings is 1. The average molecular weight is 458 g/mol. The lowest BCUT2D eigenvalue weighted by molar-refractivity contribution is -0.140. The van der Waals surface area contributed by atoms with Gasteiger partial charge in [-0.15, -0.1) is 0 Å². The quantitative estimate of drug-likeness (QED) is 0.240. The fourth-order valence-electron chi connectivity index (χ4n) is 4.01. The second kappa shape index (κ2) is 9.70. The number of carbonyl (C=O) groups excluding carboxylic acids is 2. The third kappa shape index (κ3) is 4.45. The minimum Gasteiger partial charge on any atom is -0.507 e. The Labute approximate surface area is 196 Å². The van der Waals surface area contributed by atoms with Crippen LogP contribution in [0.5, 0.6) is 5.75 Å². The second-order valence-corrected chi connectivity index (χ2v) is 7.92. The van der Waals surface area contributed by atoms with Crippen LogP contribution in [-0.4, -0.2) is 33.3 Å². The lowest BCUT2D eigenvalue weighted by Gasteiger charge is -2.25. The Hall–Kier alpha value is -4.26. The van der Waals surface area contributed by atoms with E-state index in [4.69, 9.17) is 4.74 Å². The molecule has 1 aliphatic rings. The normalized spacial score (nSPS) is 17.1. The van der Waals surface area contributed by atoms with Crippen molar-refractivity contribution in [3.05, 3.63) is 113 Å². The Morgan fingerprint density at radius 3 is 2.62 bits per heavy atom. The summed E-state index contributed by atoms with van der Waals surface area (Å²) in [5.74, 6) is -1.71. The molecular weight excluding hydrogens is 435 g/mol. The minimum atomic E-state index is -0.892. The number of aryl methyl sites for hydroxylation is 1. The molecular formula is C27H23FN2O4. The van der Waals surface area contributed by atoms with Crippen molar-refractivity contribution in [1.82, 2.24) is 9.88 Å². The van der Waals surface area contributed by atoms with Gasteiger partial charge in [0, 0.05) is 24.5 Å². The molecule has 172 valence electrons. The molecule has 0 unspecified atom stereocenters. The Kier molecular flexibility index (Phi) is 6.54. The summed E-state index contributed by atoms with van der Waals surface area (Å²) < 4.78 is 19.2. The van der Waals surface area contributed by atoms with Crippen molar-refractivity contribution < 1.29 is 23.8 Å². The fraction of sp³-hybridized carbons (Fsp3) is 0.148. The number of likely N-dealkylation sites (tertiary alicyclic amines) is 1. The predicted molar refractivity (Wildman–Crippen MR) is 125 cm³/mol. The highest BCUT2D eigenvalue weighted by atomic mass is 19.1. The number of halogens is 1. The topological polar surface area (TPSA) is 79.7 Å². The smallest absolute Gasteiger partial charge is 0.295 e. The third-order valence-corrected chi connectivity index (χ3v) is 5.62. The first-order valence-electron chi connectivity index (χ1n) is 10.7. The molecule has 1 amide bonds. The zero-order chi connectivity index (χ0) is 24.2. The van der Waals surface area contributed by atoms with Crippen molar-refractivity contribution >= 4 is 17.4 Å². The van der Waals surface area contributed by atoms with E-state index < -0.39 is 23.5 Å². The summed E-state index contributed by atoms with van der Waals surface area (Å²) in [5.41, 5.74) is 2.24. The van der Waals surface area contributed by atoms with Crippen molar-refractivity contribution in [3.63, 3.8) is 0 Å². The zero-order valence-corrected chi connectivity index (χ0v) is 18.6. The zero-order valence-electron chi connectivity index (χ0n) is 18.6. The maximum atomic E-state index is 13.6. The van der Waals surface area contributed by atoms with E-state index in [1.165, 1.54) is 29.2 Å². The first-order valence-corrected chi connectivity index (χ1v) is 10.7. The summed E-state index contributed by atoms with van der Waals surface area (Å²) in [5, 5.41) is 11.3. The van der Waals surface area contributed by atoms with Gasteiger partial charge in [-0.1, -0.05) is 30.9 Å². The predicted octanol–water partition coefficient (Wildman–Crippen LogP) is 4.72. The molecule has 1 atom stereocenters. The molecule has 0 saturated carbocycles. The Morgan fingerprint density at radius 2 is 1.97 bits per heavy atom. The highest BCUT2D eigenvalue weighted by Crippen LogP contribution is 2.41. The number of benzene rings is 2. The maximum absolute atomic E-state index is 13.6. The summed E-state index contributed by atoms with van der Waals surface area (Å²) in [6, 6.07) is 13.2. The third-order valence-electron chi connectivity index (χ3n) is 5.62. The molecule has 1 fully saturated rings. The standard InChI is InChI=1S/C27H23FN2O4/c1-3-13-34-21-10-11-22(17(2)14-21)25(31)23-24(19-6-8-20(28)9-7-19)30(27(33)26(23)32)16-18-5-4-12-29-15-18/h3-12,14-15,24,31H,1,13,16H2,2H3/t24-/m1/s1. The second-order valence-electron chi connectivity index (χ2n) is 7.92. The van der Waals surface area contributed by atoms with E-state index in [0.717, 1.165) is 5.56 Å². The van der Waals surface area contributed by atoms with Gasteiger partial charge in [-0.3, -0.25) is 14.6 Å². The number of aromatic nitrogens is 1. The van der Waals surface area contributed by atoms with Crippen LogP contribution in [0.15, 0.2) is 85.2 Å². The summed E-state index contributed by atoms with van der Waals surface area (Å²) in [6.07, 6.45) is 4.84. The number of ketones is 1. The summed E-state index contributed by atoms with van der Waals surface area (Å²) >= 11 is 0. The molecule has 0 radical (unpaired) electrons. The molecule has 0 bridgehead atoms. The molecule has 1 aromatic heterocycles. The van der Waals surface area contributed by atoms with Crippen molar-refractivity contribution in [2.75, 3.05) is 6.61 Å². The van der Waals surface area contributed by atoms with Crippen LogP contribution >= 0.6 is 0 Å². The van der Waals surface area contributed by atoms with Crippen LogP contribution in [-0.2, 0) is 16.1 Å². The van der Waals surface area contributed by atoms with Gasteiger partial charge in [0.15, 0.2) is 0 Å².